The Balaban J connectivity index is 1.59. The van der Waals surface area contributed by atoms with E-state index in [9.17, 15) is 9.90 Å². The molecule has 29 heavy (non-hydrogen) atoms. The van der Waals surface area contributed by atoms with Crippen LogP contribution in [-0.4, -0.2) is 48.7 Å². The van der Waals surface area contributed by atoms with Crippen molar-refractivity contribution < 1.29 is 9.90 Å². The standard InChI is InChI=1S/C20H25N7O2/c1-12(2)27-13(3)23-14-10-22-17(9-15(14)27)24-16-5-7-21-19(25-16)26-8-6-20(4,11-26)18(28)29/h5,7,9-10,12H,6,8,11H2,1-4H3,(H,28,29)(H,21,22,24,25). The number of fused-ring (bicyclic) bond motifs is 1. The van der Waals surface area contributed by atoms with Gasteiger partial charge in [-0.05, 0) is 40.2 Å². The first-order valence-corrected chi connectivity index (χ1v) is 9.70. The summed E-state index contributed by atoms with van der Waals surface area (Å²) >= 11 is 0. The summed E-state index contributed by atoms with van der Waals surface area (Å²) in [4.78, 5) is 31.3. The number of carboxylic acid groups (broad SMARTS) is 1. The number of aliphatic carboxylic acids is 1. The van der Waals surface area contributed by atoms with Crippen LogP contribution < -0.4 is 10.2 Å². The number of aromatic nitrogens is 5. The molecular formula is C20H25N7O2. The highest BCUT2D eigenvalue weighted by Crippen LogP contribution is 2.32. The summed E-state index contributed by atoms with van der Waals surface area (Å²) in [6.45, 7) is 9.01. The van der Waals surface area contributed by atoms with E-state index in [4.69, 9.17) is 0 Å². The molecular weight excluding hydrogens is 370 g/mol. The zero-order chi connectivity index (χ0) is 20.8. The quantitative estimate of drug-likeness (QED) is 0.678. The molecule has 0 aromatic carbocycles. The predicted octanol–water partition coefficient (Wildman–Crippen LogP) is 3.16. The lowest BCUT2D eigenvalue weighted by Gasteiger charge is -2.20. The molecule has 2 N–H and O–H groups in total. The van der Waals surface area contributed by atoms with Gasteiger partial charge in [-0.2, -0.15) is 4.98 Å². The fraction of sp³-hybridized carbons (Fsp3) is 0.450. The summed E-state index contributed by atoms with van der Waals surface area (Å²) in [5, 5.41) is 12.7. The second kappa shape index (κ2) is 6.98. The minimum Gasteiger partial charge on any atom is -0.481 e. The van der Waals surface area contributed by atoms with E-state index in [1.165, 1.54) is 0 Å². The monoisotopic (exact) mass is 395 g/mol. The molecule has 3 aromatic rings. The van der Waals surface area contributed by atoms with Crippen LogP contribution in [0.3, 0.4) is 0 Å². The summed E-state index contributed by atoms with van der Waals surface area (Å²) in [5.74, 6) is 1.96. The van der Waals surface area contributed by atoms with Crippen LogP contribution in [0.1, 0.15) is 39.1 Å². The maximum atomic E-state index is 11.5. The van der Waals surface area contributed by atoms with Crippen molar-refractivity contribution in [3.05, 3.63) is 30.4 Å². The maximum absolute atomic E-state index is 11.5. The Bertz CT molecular complexity index is 1080. The first-order valence-electron chi connectivity index (χ1n) is 9.70. The van der Waals surface area contributed by atoms with E-state index >= 15 is 0 Å². The Hall–Kier alpha value is -3.23. The highest BCUT2D eigenvalue weighted by Gasteiger charge is 2.41. The Morgan fingerprint density at radius 1 is 1.28 bits per heavy atom. The van der Waals surface area contributed by atoms with Crippen molar-refractivity contribution in [1.29, 1.82) is 0 Å². The van der Waals surface area contributed by atoms with Crippen molar-refractivity contribution >= 4 is 34.6 Å². The number of rotatable bonds is 5. The molecule has 0 spiro atoms. The van der Waals surface area contributed by atoms with Crippen LogP contribution in [0.4, 0.5) is 17.6 Å². The molecule has 1 atom stereocenters. The van der Waals surface area contributed by atoms with Gasteiger partial charge in [0.1, 0.15) is 23.0 Å². The van der Waals surface area contributed by atoms with Crippen molar-refractivity contribution in [1.82, 2.24) is 24.5 Å². The Morgan fingerprint density at radius 2 is 2.07 bits per heavy atom. The van der Waals surface area contributed by atoms with E-state index in [1.807, 2.05) is 17.9 Å². The third kappa shape index (κ3) is 3.48. The third-order valence-electron chi connectivity index (χ3n) is 5.44. The molecule has 4 rings (SSSR count). The predicted molar refractivity (Wildman–Crippen MR) is 111 cm³/mol. The minimum absolute atomic E-state index is 0.291. The number of hydrogen-bond donors (Lipinski definition) is 2. The van der Waals surface area contributed by atoms with E-state index in [0.29, 0.717) is 43.1 Å². The number of anilines is 3. The largest absolute Gasteiger partial charge is 0.481 e. The smallest absolute Gasteiger partial charge is 0.311 e. The molecule has 3 aromatic heterocycles. The van der Waals surface area contributed by atoms with Gasteiger partial charge in [-0.1, -0.05) is 0 Å². The molecule has 1 unspecified atom stereocenters. The second-order valence-electron chi connectivity index (χ2n) is 8.09. The molecule has 4 heterocycles. The number of nitrogens with zero attached hydrogens (tertiary/aromatic N) is 6. The molecule has 9 heteroatoms. The first kappa shape index (κ1) is 19.1. The van der Waals surface area contributed by atoms with Crippen LogP contribution in [0.15, 0.2) is 24.5 Å². The van der Waals surface area contributed by atoms with Gasteiger partial charge >= 0.3 is 5.97 Å². The minimum atomic E-state index is -0.788. The lowest BCUT2D eigenvalue weighted by molar-refractivity contribution is -0.146. The maximum Gasteiger partial charge on any atom is 0.311 e. The zero-order valence-corrected chi connectivity index (χ0v) is 17.0. The van der Waals surface area contributed by atoms with E-state index in [0.717, 1.165) is 16.9 Å². The van der Waals surface area contributed by atoms with Gasteiger partial charge in [-0.15, -0.1) is 0 Å². The lowest BCUT2D eigenvalue weighted by atomic mass is 9.90. The molecule has 9 nitrogen and oxygen atoms in total. The van der Waals surface area contributed by atoms with Crippen molar-refractivity contribution in [2.45, 2.75) is 40.2 Å². The van der Waals surface area contributed by atoms with Crippen LogP contribution in [0.25, 0.3) is 11.0 Å². The van der Waals surface area contributed by atoms with Crippen LogP contribution >= 0.6 is 0 Å². The van der Waals surface area contributed by atoms with Crippen molar-refractivity contribution in [2.24, 2.45) is 5.41 Å². The van der Waals surface area contributed by atoms with Gasteiger partial charge in [0.25, 0.3) is 0 Å². The summed E-state index contributed by atoms with van der Waals surface area (Å²) in [7, 11) is 0. The van der Waals surface area contributed by atoms with E-state index < -0.39 is 11.4 Å². The summed E-state index contributed by atoms with van der Waals surface area (Å²) in [6.07, 6.45) is 3.99. The van der Waals surface area contributed by atoms with Crippen LogP contribution in [0.2, 0.25) is 0 Å². The molecule has 1 aliphatic heterocycles. The van der Waals surface area contributed by atoms with Gasteiger partial charge in [-0.3, -0.25) is 4.79 Å². The number of pyridine rings is 1. The van der Waals surface area contributed by atoms with Crippen LogP contribution in [-0.2, 0) is 4.79 Å². The van der Waals surface area contributed by atoms with E-state index in [1.54, 1.807) is 25.4 Å². The highest BCUT2D eigenvalue weighted by molar-refractivity contribution is 5.79. The number of hydrogen-bond acceptors (Lipinski definition) is 7. The van der Waals surface area contributed by atoms with Gasteiger partial charge in [-0.25, -0.2) is 15.0 Å². The van der Waals surface area contributed by atoms with Gasteiger partial charge in [0.2, 0.25) is 5.95 Å². The van der Waals surface area contributed by atoms with Gasteiger partial charge in [0.15, 0.2) is 0 Å². The summed E-state index contributed by atoms with van der Waals surface area (Å²) in [5.41, 5.74) is 1.10. The first-order chi connectivity index (χ1) is 13.8. The van der Waals surface area contributed by atoms with Crippen LogP contribution in [0.5, 0.6) is 0 Å². The number of carbonyl (C=O) groups is 1. The number of aryl methyl sites for hydroxylation is 1. The molecule has 1 saturated heterocycles. The fourth-order valence-electron chi connectivity index (χ4n) is 3.85. The Morgan fingerprint density at radius 3 is 2.76 bits per heavy atom. The van der Waals surface area contributed by atoms with Crippen molar-refractivity contribution in [3.63, 3.8) is 0 Å². The number of nitrogens with one attached hydrogen (secondary N) is 1. The molecule has 0 amide bonds. The number of imidazole rings is 1. The molecule has 0 saturated carbocycles. The third-order valence-corrected chi connectivity index (χ3v) is 5.44. The molecule has 1 aliphatic rings. The Kier molecular flexibility index (Phi) is 4.60. The highest BCUT2D eigenvalue weighted by atomic mass is 16.4. The van der Waals surface area contributed by atoms with E-state index in [-0.39, 0.29) is 0 Å². The van der Waals surface area contributed by atoms with Crippen molar-refractivity contribution in [3.8, 4) is 0 Å². The fourth-order valence-corrected chi connectivity index (χ4v) is 3.85. The van der Waals surface area contributed by atoms with Crippen LogP contribution in [0, 0.1) is 12.3 Å². The molecule has 1 fully saturated rings. The lowest BCUT2D eigenvalue weighted by Crippen LogP contribution is -2.32. The molecule has 0 aliphatic carbocycles. The second-order valence-corrected chi connectivity index (χ2v) is 8.09. The van der Waals surface area contributed by atoms with Gasteiger partial charge < -0.3 is 19.9 Å². The number of carboxylic acids is 1. The van der Waals surface area contributed by atoms with Crippen molar-refractivity contribution in [2.75, 3.05) is 23.3 Å². The average molecular weight is 395 g/mol. The summed E-state index contributed by atoms with van der Waals surface area (Å²) in [6, 6.07) is 4.03. The topological polar surface area (TPSA) is 109 Å². The molecule has 0 radical (unpaired) electrons. The summed E-state index contributed by atoms with van der Waals surface area (Å²) < 4.78 is 2.17. The zero-order valence-electron chi connectivity index (χ0n) is 17.0. The van der Waals surface area contributed by atoms with E-state index in [2.05, 4.69) is 43.7 Å². The Labute approximate surface area is 168 Å². The molecule has 152 valence electrons. The average Bonchev–Trinajstić information content (AvgIpc) is 3.22. The van der Waals surface area contributed by atoms with Gasteiger partial charge in [0, 0.05) is 31.4 Å². The van der Waals surface area contributed by atoms with Gasteiger partial charge in [0.05, 0.1) is 17.1 Å². The molecule has 0 bridgehead atoms. The SMILES string of the molecule is Cc1nc2cnc(Nc3ccnc(N4CCC(C)(C(=O)O)C4)n3)cc2n1C(C)C. The normalized spacial score (nSPS) is 19.3.